The molecule has 27 heavy (non-hydrogen) atoms. The molecule has 140 valence electrons. The number of rotatable bonds is 4. The lowest BCUT2D eigenvalue weighted by atomic mass is 10.0. The number of thioether (sulfide) groups is 1. The van der Waals surface area contributed by atoms with Crippen LogP contribution in [0.25, 0.3) is 21.3 Å². The maximum atomic E-state index is 12.6. The Morgan fingerprint density at radius 1 is 1.15 bits per heavy atom. The minimum atomic E-state index is 0.188. The summed E-state index contributed by atoms with van der Waals surface area (Å²) in [7, 11) is 2.10. The van der Waals surface area contributed by atoms with E-state index in [9.17, 15) is 4.79 Å². The van der Waals surface area contributed by atoms with Crippen LogP contribution >= 0.6 is 23.1 Å². The first-order valence-electron chi connectivity index (χ1n) is 9.02. The Kier molecular flexibility index (Phi) is 5.43. The van der Waals surface area contributed by atoms with Crippen molar-refractivity contribution in [1.82, 2.24) is 19.8 Å². The summed E-state index contributed by atoms with van der Waals surface area (Å²) < 4.78 is 0. The van der Waals surface area contributed by atoms with Gasteiger partial charge in [-0.15, -0.1) is 11.3 Å². The fourth-order valence-corrected chi connectivity index (χ4v) is 5.34. The Morgan fingerprint density at radius 2 is 1.89 bits per heavy atom. The number of carbonyl (C=O) groups excluding carboxylic acids is 1. The van der Waals surface area contributed by atoms with Crippen molar-refractivity contribution >= 4 is 39.2 Å². The van der Waals surface area contributed by atoms with Crippen LogP contribution < -0.4 is 0 Å². The molecule has 1 saturated heterocycles. The predicted molar refractivity (Wildman–Crippen MR) is 112 cm³/mol. The molecule has 0 unspecified atom stereocenters. The molecule has 4 rings (SSSR count). The van der Waals surface area contributed by atoms with Gasteiger partial charge in [-0.2, -0.15) is 0 Å². The van der Waals surface area contributed by atoms with Crippen LogP contribution in [-0.4, -0.2) is 64.7 Å². The molecule has 2 aromatic heterocycles. The number of hydrogen-bond donors (Lipinski definition) is 0. The molecule has 0 bridgehead atoms. The Bertz CT molecular complexity index is 949. The topological polar surface area (TPSA) is 49.3 Å². The fourth-order valence-electron chi connectivity index (χ4n) is 3.36. The van der Waals surface area contributed by atoms with Gasteiger partial charge in [0.25, 0.3) is 0 Å². The highest BCUT2D eigenvalue weighted by atomic mass is 32.2. The molecule has 0 aliphatic carbocycles. The van der Waals surface area contributed by atoms with E-state index in [1.165, 1.54) is 27.8 Å². The number of benzene rings is 1. The van der Waals surface area contributed by atoms with E-state index in [-0.39, 0.29) is 5.91 Å². The van der Waals surface area contributed by atoms with Crippen LogP contribution in [-0.2, 0) is 4.79 Å². The Labute approximate surface area is 167 Å². The molecule has 7 heteroatoms. The second kappa shape index (κ2) is 7.96. The number of piperazine rings is 1. The quantitative estimate of drug-likeness (QED) is 0.497. The summed E-state index contributed by atoms with van der Waals surface area (Å²) in [5, 5.41) is 1.97. The van der Waals surface area contributed by atoms with Crippen LogP contribution in [0.5, 0.6) is 0 Å². The Morgan fingerprint density at radius 3 is 2.63 bits per heavy atom. The summed E-state index contributed by atoms with van der Waals surface area (Å²) in [6.45, 7) is 5.62. The van der Waals surface area contributed by atoms with Crippen LogP contribution in [0.15, 0.2) is 41.7 Å². The highest BCUT2D eigenvalue weighted by Crippen LogP contribution is 2.41. The highest BCUT2D eigenvalue weighted by Gasteiger charge is 2.21. The molecular weight excluding hydrogens is 376 g/mol. The van der Waals surface area contributed by atoms with Gasteiger partial charge in [0, 0.05) is 36.6 Å². The smallest absolute Gasteiger partial charge is 0.233 e. The number of aromatic nitrogens is 2. The van der Waals surface area contributed by atoms with Gasteiger partial charge in [-0.3, -0.25) is 4.79 Å². The van der Waals surface area contributed by atoms with Crippen molar-refractivity contribution in [3.63, 3.8) is 0 Å². The van der Waals surface area contributed by atoms with Crippen LogP contribution in [0, 0.1) is 6.92 Å². The molecule has 0 N–H and O–H groups in total. The van der Waals surface area contributed by atoms with E-state index in [4.69, 9.17) is 0 Å². The molecular formula is C20H22N4OS2. The van der Waals surface area contributed by atoms with Crippen molar-refractivity contribution in [2.45, 2.75) is 11.9 Å². The maximum Gasteiger partial charge on any atom is 0.233 e. The molecule has 0 saturated carbocycles. The van der Waals surface area contributed by atoms with Gasteiger partial charge in [-0.1, -0.05) is 42.1 Å². The minimum absolute atomic E-state index is 0.188. The van der Waals surface area contributed by atoms with Crippen molar-refractivity contribution in [2.75, 3.05) is 39.0 Å². The van der Waals surface area contributed by atoms with Gasteiger partial charge in [0.2, 0.25) is 5.91 Å². The van der Waals surface area contributed by atoms with E-state index in [1.807, 2.05) is 23.1 Å². The molecule has 1 aliphatic heterocycles. The lowest BCUT2D eigenvalue weighted by molar-refractivity contribution is -0.129. The number of aryl methyl sites for hydroxylation is 1. The van der Waals surface area contributed by atoms with Gasteiger partial charge in [0.1, 0.15) is 16.2 Å². The molecule has 3 heterocycles. The lowest BCUT2D eigenvalue weighted by Gasteiger charge is -2.32. The highest BCUT2D eigenvalue weighted by molar-refractivity contribution is 8.00. The number of amides is 1. The van der Waals surface area contributed by atoms with Gasteiger partial charge in [0.05, 0.1) is 11.1 Å². The average Bonchev–Trinajstić information content (AvgIpc) is 3.03. The number of fused-ring (bicyclic) bond motifs is 1. The van der Waals surface area contributed by atoms with Gasteiger partial charge in [0.15, 0.2) is 0 Å². The molecule has 3 aromatic rings. The summed E-state index contributed by atoms with van der Waals surface area (Å²) in [5.41, 5.74) is 2.36. The van der Waals surface area contributed by atoms with E-state index in [1.54, 1.807) is 17.7 Å². The minimum Gasteiger partial charge on any atom is -0.339 e. The van der Waals surface area contributed by atoms with Crippen molar-refractivity contribution < 1.29 is 4.79 Å². The number of thiophene rings is 1. The number of nitrogens with zero attached hydrogens (tertiary/aromatic N) is 4. The third-order valence-electron chi connectivity index (χ3n) is 4.88. The second-order valence-electron chi connectivity index (χ2n) is 6.73. The molecule has 0 radical (unpaired) electrons. The van der Waals surface area contributed by atoms with Gasteiger partial charge in [-0.25, -0.2) is 9.97 Å². The third kappa shape index (κ3) is 3.85. The summed E-state index contributed by atoms with van der Waals surface area (Å²) >= 11 is 3.21. The van der Waals surface area contributed by atoms with E-state index >= 15 is 0 Å². The molecule has 1 amide bonds. The maximum absolute atomic E-state index is 12.6. The zero-order chi connectivity index (χ0) is 18.8. The number of likely N-dealkylation sites (N-methyl/N-ethyl adjacent to an activating group) is 1. The lowest BCUT2D eigenvalue weighted by Crippen LogP contribution is -2.47. The van der Waals surface area contributed by atoms with Crippen LogP contribution in [0.2, 0.25) is 0 Å². The second-order valence-corrected chi connectivity index (χ2v) is 8.90. The van der Waals surface area contributed by atoms with Crippen LogP contribution in [0.1, 0.15) is 4.88 Å². The number of hydrogen-bond acceptors (Lipinski definition) is 6. The normalized spacial score (nSPS) is 15.4. The summed E-state index contributed by atoms with van der Waals surface area (Å²) in [4.78, 5) is 28.0. The first-order valence-corrected chi connectivity index (χ1v) is 10.8. The zero-order valence-corrected chi connectivity index (χ0v) is 17.1. The van der Waals surface area contributed by atoms with Crippen molar-refractivity contribution in [2.24, 2.45) is 0 Å². The Balaban J connectivity index is 1.60. The van der Waals surface area contributed by atoms with E-state index in [0.717, 1.165) is 41.4 Å². The van der Waals surface area contributed by atoms with Crippen LogP contribution in [0.3, 0.4) is 0 Å². The fraction of sp³-hybridized carbons (Fsp3) is 0.350. The molecule has 1 aromatic carbocycles. The summed E-state index contributed by atoms with van der Waals surface area (Å²) in [6.07, 6.45) is 1.61. The van der Waals surface area contributed by atoms with Crippen molar-refractivity contribution in [3.8, 4) is 11.1 Å². The standard InChI is InChI=1S/C20H22N4OS2/c1-14-17(15-6-4-3-5-7-15)18-19(21-13-22-20(18)27-14)26-12-16(25)24-10-8-23(2)9-11-24/h3-7,13H,8-12H2,1-2H3. The van der Waals surface area contributed by atoms with E-state index in [0.29, 0.717) is 5.75 Å². The summed E-state index contributed by atoms with van der Waals surface area (Å²) in [5.74, 6) is 0.604. The van der Waals surface area contributed by atoms with E-state index in [2.05, 4.69) is 41.0 Å². The molecule has 1 aliphatic rings. The zero-order valence-electron chi connectivity index (χ0n) is 15.5. The molecule has 5 nitrogen and oxygen atoms in total. The predicted octanol–water partition coefficient (Wildman–Crippen LogP) is 3.53. The molecule has 1 fully saturated rings. The monoisotopic (exact) mass is 398 g/mol. The first kappa shape index (κ1) is 18.4. The van der Waals surface area contributed by atoms with Gasteiger partial charge >= 0.3 is 0 Å². The molecule has 0 spiro atoms. The van der Waals surface area contributed by atoms with Gasteiger partial charge in [-0.05, 0) is 19.5 Å². The first-order chi connectivity index (χ1) is 13.1. The summed E-state index contributed by atoms with van der Waals surface area (Å²) in [6, 6.07) is 10.3. The SMILES string of the molecule is Cc1sc2ncnc(SCC(=O)N3CCN(C)CC3)c2c1-c1ccccc1. The van der Waals surface area contributed by atoms with Gasteiger partial charge < -0.3 is 9.80 Å². The Hall–Kier alpha value is -1.96. The number of carbonyl (C=O) groups is 1. The average molecular weight is 399 g/mol. The van der Waals surface area contributed by atoms with Crippen molar-refractivity contribution in [3.05, 3.63) is 41.5 Å². The van der Waals surface area contributed by atoms with Crippen LogP contribution in [0.4, 0.5) is 0 Å². The van der Waals surface area contributed by atoms with E-state index < -0.39 is 0 Å². The largest absolute Gasteiger partial charge is 0.339 e. The van der Waals surface area contributed by atoms with Crippen molar-refractivity contribution in [1.29, 1.82) is 0 Å². The molecule has 0 atom stereocenters. The third-order valence-corrected chi connectivity index (χ3v) is 6.87.